The minimum Gasteiger partial charge on any atom is -0.506 e. The van der Waals surface area contributed by atoms with Crippen LogP contribution in [0.5, 0.6) is 5.75 Å². The van der Waals surface area contributed by atoms with Gasteiger partial charge in [-0.1, -0.05) is 12.1 Å². The second kappa shape index (κ2) is 7.28. The fraction of sp³-hybridized carbons (Fsp3) is 0.118. The molecule has 24 heavy (non-hydrogen) atoms. The van der Waals surface area contributed by atoms with Crippen molar-refractivity contribution < 1.29 is 29.0 Å². The van der Waals surface area contributed by atoms with Gasteiger partial charge in [-0.2, -0.15) is 0 Å². The molecule has 0 saturated carbocycles. The number of phenols is 1. The smallest absolute Gasteiger partial charge is 0.338 e. The van der Waals surface area contributed by atoms with Crippen molar-refractivity contribution in [1.82, 2.24) is 0 Å². The van der Waals surface area contributed by atoms with Crippen molar-refractivity contribution in [2.45, 2.75) is 0 Å². The number of ether oxygens (including phenoxy) is 2. The molecular formula is C17H15NO6. The summed E-state index contributed by atoms with van der Waals surface area (Å²) in [5, 5.41) is 12.4. The van der Waals surface area contributed by atoms with Crippen LogP contribution in [0.1, 0.15) is 31.1 Å². The van der Waals surface area contributed by atoms with Crippen LogP contribution < -0.4 is 5.32 Å². The topological polar surface area (TPSA) is 102 Å². The zero-order valence-electron chi connectivity index (χ0n) is 13.0. The van der Waals surface area contributed by atoms with Gasteiger partial charge in [-0.3, -0.25) is 4.79 Å². The minimum absolute atomic E-state index is 0.0901. The van der Waals surface area contributed by atoms with Crippen molar-refractivity contribution in [3.05, 3.63) is 59.2 Å². The fourth-order valence-corrected chi connectivity index (χ4v) is 2.04. The summed E-state index contributed by atoms with van der Waals surface area (Å²) in [5.74, 6) is -2.16. The lowest BCUT2D eigenvalue weighted by Crippen LogP contribution is -2.17. The molecule has 0 aromatic heterocycles. The predicted octanol–water partition coefficient (Wildman–Crippen LogP) is 2.22. The predicted molar refractivity (Wildman–Crippen MR) is 85.2 cm³/mol. The standard InChI is InChI=1S/C17H15NO6/c1-23-16(21)10-7-8-13(14(19)9-10)18-15(20)11-5-3-4-6-12(11)17(22)24-2/h3-9,19H,1-2H3,(H,18,20). The summed E-state index contributed by atoms with van der Waals surface area (Å²) in [6.45, 7) is 0. The van der Waals surface area contributed by atoms with Crippen LogP contribution in [0.4, 0.5) is 5.69 Å². The lowest BCUT2D eigenvalue weighted by Gasteiger charge is -2.10. The maximum atomic E-state index is 12.4. The molecule has 0 aliphatic rings. The first-order valence-electron chi connectivity index (χ1n) is 6.88. The van der Waals surface area contributed by atoms with Crippen molar-refractivity contribution in [3.8, 4) is 5.75 Å². The Hall–Kier alpha value is -3.35. The van der Waals surface area contributed by atoms with Crippen molar-refractivity contribution in [1.29, 1.82) is 0 Å². The van der Waals surface area contributed by atoms with Crippen molar-refractivity contribution >= 4 is 23.5 Å². The molecule has 0 bridgehead atoms. The number of phenolic OH excluding ortho intramolecular Hbond substituents is 1. The van der Waals surface area contributed by atoms with E-state index in [1.807, 2.05) is 0 Å². The maximum absolute atomic E-state index is 12.4. The van der Waals surface area contributed by atoms with Gasteiger partial charge in [-0.15, -0.1) is 0 Å². The molecule has 0 heterocycles. The first kappa shape index (κ1) is 17.0. The average molecular weight is 329 g/mol. The number of benzene rings is 2. The third kappa shape index (κ3) is 3.52. The van der Waals surface area contributed by atoms with Crippen molar-refractivity contribution in [3.63, 3.8) is 0 Å². The summed E-state index contributed by atoms with van der Waals surface area (Å²) >= 11 is 0. The van der Waals surface area contributed by atoms with E-state index in [1.165, 1.54) is 44.6 Å². The van der Waals surface area contributed by atoms with Gasteiger partial charge in [0.2, 0.25) is 0 Å². The first-order chi connectivity index (χ1) is 11.5. The molecule has 0 fully saturated rings. The molecule has 2 aromatic carbocycles. The van der Waals surface area contributed by atoms with Crippen LogP contribution in [0.15, 0.2) is 42.5 Å². The zero-order valence-corrected chi connectivity index (χ0v) is 13.0. The lowest BCUT2D eigenvalue weighted by atomic mass is 10.1. The molecule has 2 aromatic rings. The molecule has 0 atom stereocenters. The quantitative estimate of drug-likeness (QED) is 0.659. The molecular weight excluding hydrogens is 314 g/mol. The number of rotatable bonds is 4. The van der Waals surface area contributed by atoms with Crippen LogP contribution in [-0.4, -0.2) is 37.2 Å². The Labute approximate surface area is 137 Å². The van der Waals surface area contributed by atoms with E-state index in [-0.39, 0.29) is 28.1 Å². The Morgan fingerprint density at radius 1 is 0.917 bits per heavy atom. The lowest BCUT2D eigenvalue weighted by molar-refractivity contribution is 0.0590. The first-order valence-corrected chi connectivity index (χ1v) is 6.88. The highest BCUT2D eigenvalue weighted by molar-refractivity contribution is 6.11. The van der Waals surface area contributed by atoms with E-state index in [0.717, 1.165) is 0 Å². The van der Waals surface area contributed by atoms with Crippen LogP contribution in [0.25, 0.3) is 0 Å². The molecule has 0 unspecified atom stereocenters. The molecule has 2 rings (SSSR count). The van der Waals surface area contributed by atoms with E-state index in [4.69, 9.17) is 0 Å². The molecule has 0 radical (unpaired) electrons. The Kier molecular flexibility index (Phi) is 5.16. The van der Waals surface area contributed by atoms with Gasteiger partial charge in [0, 0.05) is 0 Å². The Balaban J connectivity index is 2.28. The summed E-state index contributed by atoms with van der Waals surface area (Å²) in [6, 6.07) is 10.1. The molecule has 124 valence electrons. The van der Waals surface area contributed by atoms with Crippen LogP contribution in [-0.2, 0) is 9.47 Å². The van der Waals surface area contributed by atoms with Gasteiger partial charge in [0.1, 0.15) is 5.75 Å². The molecule has 1 amide bonds. The number of carbonyl (C=O) groups excluding carboxylic acids is 3. The number of amides is 1. The summed E-state index contributed by atoms with van der Waals surface area (Å²) in [7, 11) is 2.44. The number of aromatic hydroxyl groups is 1. The van der Waals surface area contributed by atoms with Crippen molar-refractivity contribution in [2.24, 2.45) is 0 Å². The summed E-state index contributed by atoms with van der Waals surface area (Å²) < 4.78 is 9.18. The number of nitrogens with one attached hydrogen (secondary N) is 1. The van der Waals surface area contributed by atoms with E-state index in [9.17, 15) is 19.5 Å². The maximum Gasteiger partial charge on any atom is 0.338 e. The van der Waals surface area contributed by atoms with E-state index in [2.05, 4.69) is 14.8 Å². The average Bonchev–Trinajstić information content (AvgIpc) is 2.61. The van der Waals surface area contributed by atoms with Crippen molar-refractivity contribution in [2.75, 3.05) is 19.5 Å². The van der Waals surface area contributed by atoms with Crippen LogP contribution >= 0.6 is 0 Å². The molecule has 7 heteroatoms. The zero-order chi connectivity index (χ0) is 17.7. The molecule has 0 spiro atoms. The Morgan fingerprint density at radius 2 is 1.54 bits per heavy atom. The Morgan fingerprint density at radius 3 is 2.12 bits per heavy atom. The number of carbonyl (C=O) groups is 3. The molecule has 7 nitrogen and oxygen atoms in total. The van der Waals surface area contributed by atoms with Gasteiger partial charge < -0.3 is 19.9 Å². The van der Waals surface area contributed by atoms with Crippen LogP contribution in [0.3, 0.4) is 0 Å². The third-order valence-corrected chi connectivity index (χ3v) is 3.24. The van der Waals surface area contributed by atoms with Gasteiger partial charge in [-0.05, 0) is 30.3 Å². The van der Waals surface area contributed by atoms with Crippen LogP contribution in [0, 0.1) is 0 Å². The highest BCUT2D eigenvalue weighted by Crippen LogP contribution is 2.25. The van der Waals surface area contributed by atoms with Gasteiger partial charge in [-0.25, -0.2) is 9.59 Å². The molecule has 0 aliphatic carbocycles. The van der Waals surface area contributed by atoms with Gasteiger partial charge in [0.25, 0.3) is 5.91 Å². The number of hydrogen-bond donors (Lipinski definition) is 2. The summed E-state index contributed by atoms with van der Waals surface area (Å²) in [4.78, 5) is 35.5. The highest BCUT2D eigenvalue weighted by Gasteiger charge is 2.18. The summed E-state index contributed by atoms with van der Waals surface area (Å²) in [6.07, 6.45) is 0. The highest BCUT2D eigenvalue weighted by atomic mass is 16.5. The van der Waals surface area contributed by atoms with Gasteiger partial charge >= 0.3 is 11.9 Å². The molecule has 0 saturated heterocycles. The van der Waals surface area contributed by atoms with E-state index >= 15 is 0 Å². The van der Waals surface area contributed by atoms with E-state index in [0.29, 0.717) is 0 Å². The third-order valence-electron chi connectivity index (χ3n) is 3.24. The SMILES string of the molecule is COC(=O)c1ccc(NC(=O)c2ccccc2C(=O)OC)c(O)c1. The number of esters is 2. The largest absolute Gasteiger partial charge is 0.506 e. The molecule has 2 N–H and O–H groups in total. The Bertz CT molecular complexity index is 799. The molecule has 0 aliphatic heterocycles. The van der Waals surface area contributed by atoms with Gasteiger partial charge in [0.15, 0.2) is 0 Å². The van der Waals surface area contributed by atoms with Crippen LogP contribution in [0.2, 0.25) is 0 Å². The normalized spacial score (nSPS) is 9.92. The number of methoxy groups -OCH3 is 2. The minimum atomic E-state index is -0.647. The number of anilines is 1. The monoisotopic (exact) mass is 329 g/mol. The summed E-state index contributed by atoms with van der Waals surface area (Å²) in [5.41, 5.74) is 0.430. The fourth-order valence-electron chi connectivity index (χ4n) is 2.04. The second-order valence-electron chi connectivity index (χ2n) is 4.71. The second-order valence-corrected chi connectivity index (χ2v) is 4.71. The van der Waals surface area contributed by atoms with E-state index in [1.54, 1.807) is 12.1 Å². The van der Waals surface area contributed by atoms with Gasteiger partial charge in [0.05, 0.1) is 36.6 Å². The number of hydrogen-bond acceptors (Lipinski definition) is 6. The van der Waals surface area contributed by atoms with E-state index < -0.39 is 17.8 Å².